The molecule has 0 unspecified atom stereocenters. The second-order valence-corrected chi connectivity index (χ2v) is 8.49. The third kappa shape index (κ3) is 3.09. The predicted molar refractivity (Wildman–Crippen MR) is 124 cm³/mol. The average Bonchev–Trinajstić information content (AvgIpc) is 3.12. The van der Waals surface area contributed by atoms with Crippen molar-refractivity contribution < 1.29 is 0 Å². The summed E-state index contributed by atoms with van der Waals surface area (Å²) in [5.41, 5.74) is 13.7. The summed E-state index contributed by atoms with van der Waals surface area (Å²) in [5.74, 6) is 0.551. The number of hydrogen-bond donors (Lipinski definition) is 0. The van der Waals surface area contributed by atoms with Gasteiger partial charge in [-0.2, -0.15) is 0 Å². The van der Waals surface area contributed by atoms with Crippen molar-refractivity contribution in [1.82, 2.24) is 0 Å². The summed E-state index contributed by atoms with van der Waals surface area (Å²) in [6.07, 6.45) is 1.01. The lowest BCUT2D eigenvalue weighted by Crippen LogP contribution is -1.94. The highest BCUT2D eigenvalue weighted by molar-refractivity contribution is 5.93. The van der Waals surface area contributed by atoms with Gasteiger partial charge in [-0.15, -0.1) is 0 Å². The molecule has 0 heteroatoms. The molecule has 0 heterocycles. The third-order valence-corrected chi connectivity index (χ3v) is 6.22. The van der Waals surface area contributed by atoms with Gasteiger partial charge in [-0.3, -0.25) is 0 Å². The van der Waals surface area contributed by atoms with Crippen molar-refractivity contribution in [3.05, 3.63) is 107 Å². The first-order valence-electron chi connectivity index (χ1n) is 10.5. The molecule has 0 saturated carbocycles. The van der Waals surface area contributed by atoms with E-state index in [4.69, 9.17) is 0 Å². The van der Waals surface area contributed by atoms with E-state index in [2.05, 4.69) is 106 Å². The number of benzene rings is 4. The van der Waals surface area contributed by atoms with Crippen LogP contribution in [0.4, 0.5) is 0 Å². The van der Waals surface area contributed by atoms with Crippen molar-refractivity contribution in [2.75, 3.05) is 0 Å². The summed E-state index contributed by atoms with van der Waals surface area (Å²) in [6, 6.07) is 31.6. The molecular formula is C29H26. The van der Waals surface area contributed by atoms with Crippen LogP contribution < -0.4 is 0 Å². The fourth-order valence-corrected chi connectivity index (χ4v) is 4.55. The minimum atomic E-state index is 0.551. The first-order valence-corrected chi connectivity index (χ1v) is 10.5. The SMILES string of the molecule is Cc1ccc(-c2c(-c3ccc(C(C)C)cc3)ccc3c2Cc2ccccc2-3)cc1. The van der Waals surface area contributed by atoms with Crippen molar-refractivity contribution in [3.63, 3.8) is 0 Å². The lowest BCUT2D eigenvalue weighted by Gasteiger charge is -2.17. The highest BCUT2D eigenvalue weighted by atomic mass is 14.3. The zero-order valence-electron chi connectivity index (χ0n) is 17.4. The molecule has 0 aromatic heterocycles. The zero-order valence-corrected chi connectivity index (χ0v) is 17.4. The van der Waals surface area contributed by atoms with Crippen LogP contribution in [0.2, 0.25) is 0 Å². The number of rotatable bonds is 3. The van der Waals surface area contributed by atoms with E-state index in [1.807, 2.05) is 0 Å². The molecule has 1 aliphatic rings. The molecule has 0 nitrogen and oxygen atoms in total. The van der Waals surface area contributed by atoms with E-state index in [0.29, 0.717) is 5.92 Å². The van der Waals surface area contributed by atoms with E-state index >= 15 is 0 Å². The van der Waals surface area contributed by atoms with Gasteiger partial charge in [0, 0.05) is 0 Å². The number of aryl methyl sites for hydroxylation is 1. The molecule has 0 spiro atoms. The maximum atomic E-state index is 2.32. The molecule has 0 aliphatic heterocycles. The lowest BCUT2D eigenvalue weighted by atomic mass is 9.87. The quantitative estimate of drug-likeness (QED) is 0.300. The van der Waals surface area contributed by atoms with E-state index in [1.54, 1.807) is 0 Å². The Balaban J connectivity index is 1.73. The molecule has 4 aromatic rings. The molecule has 142 valence electrons. The largest absolute Gasteiger partial charge is 0.0619 e. The predicted octanol–water partition coefficient (Wildman–Crippen LogP) is 8.02. The van der Waals surface area contributed by atoms with Crippen LogP contribution >= 0.6 is 0 Å². The maximum absolute atomic E-state index is 2.32. The minimum Gasteiger partial charge on any atom is -0.0619 e. The van der Waals surface area contributed by atoms with Gasteiger partial charge in [-0.25, -0.2) is 0 Å². The molecule has 0 N–H and O–H groups in total. The van der Waals surface area contributed by atoms with Gasteiger partial charge >= 0.3 is 0 Å². The van der Waals surface area contributed by atoms with Crippen LogP contribution in [0.25, 0.3) is 33.4 Å². The second-order valence-electron chi connectivity index (χ2n) is 8.49. The van der Waals surface area contributed by atoms with Gasteiger partial charge in [-0.05, 0) is 69.3 Å². The fourth-order valence-electron chi connectivity index (χ4n) is 4.55. The minimum absolute atomic E-state index is 0.551. The summed E-state index contributed by atoms with van der Waals surface area (Å²) < 4.78 is 0. The molecule has 5 rings (SSSR count). The summed E-state index contributed by atoms with van der Waals surface area (Å²) in [6.45, 7) is 6.65. The summed E-state index contributed by atoms with van der Waals surface area (Å²) in [5, 5.41) is 0. The van der Waals surface area contributed by atoms with Gasteiger partial charge in [0.05, 0.1) is 0 Å². The van der Waals surface area contributed by atoms with E-state index in [-0.39, 0.29) is 0 Å². The Hall–Kier alpha value is -3.12. The van der Waals surface area contributed by atoms with Crippen LogP contribution in [0.3, 0.4) is 0 Å². The molecule has 4 aromatic carbocycles. The van der Waals surface area contributed by atoms with Crippen LogP contribution in [0.1, 0.15) is 42.0 Å². The second kappa shape index (κ2) is 7.04. The van der Waals surface area contributed by atoms with Crippen molar-refractivity contribution >= 4 is 0 Å². The summed E-state index contributed by atoms with van der Waals surface area (Å²) >= 11 is 0. The van der Waals surface area contributed by atoms with Crippen LogP contribution in [0.15, 0.2) is 84.9 Å². The Labute approximate surface area is 173 Å². The fraction of sp³-hybridized carbons (Fsp3) is 0.172. The Morgan fingerprint density at radius 1 is 0.621 bits per heavy atom. The highest BCUT2D eigenvalue weighted by Crippen LogP contribution is 2.46. The molecule has 1 aliphatic carbocycles. The van der Waals surface area contributed by atoms with Gasteiger partial charge in [0.1, 0.15) is 0 Å². The average molecular weight is 375 g/mol. The molecule has 0 bridgehead atoms. The van der Waals surface area contributed by atoms with Crippen LogP contribution in [0.5, 0.6) is 0 Å². The first kappa shape index (κ1) is 17.9. The smallest absolute Gasteiger partial charge is 0.000706 e. The Morgan fingerprint density at radius 2 is 1.28 bits per heavy atom. The third-order valence-electron chi connectivity index (χ3n) is 6.22. The van der Waals surface area contributed by atoms with Gasteiger partial charge in [0.25, 0.3) is 0 Å². The normalized spacial score (nSPS) is 12.1. The molecule has 0 amide bonds. The molecule has 29 heavy (non-hydrogen) atoms. The summed E-state index contributed by atoms with van der Waals surface area (Å²) in [4.78, 5) is 0. The van der Waals surface area contributed by atoms with Crippen LogP contribution in [-0.4, -0.2) is 0 Å². The molecule has 0 fully saturated rings. The van der Waals surface area contributed by atoms with Gasteiger partial charge < -0.3 is 0 Å². The number of fused-ring (bicyclic) bond motifs is 3. The van der Waals surface area contributed by atoms with Gasteiger partial charge in [-0.1, -0.05) is 104 Å². The van der Waals surface area contributed by atoms with Gasteiger partial charge in [0.15, 0.2) is 0 Å². The van der Waals surface area contributed by atoms with Crippen molar-refractivity contribution in [1.29, 1.82) is 0 Å². The standard InChI is InChI=1S/C29H26/c1-19(2)21-12-14-22(15-13-21)26-16-17-27-25-7-5-4-6-24(25)18-28(27)29(26)23-10-8-20(3)9-11-23/h4-17,19H,18H2,1-3H3. The maximum Gasteiger partial charge on any atom is -0.000706 e. The number of hydrogen-bond acceptors (Lipinski definition) is 0. The summed E-state index contributed by atoms with van der Waals surface area (Å²) in [7, 11) is 0. The van der Waals surface area contributed by atoms with E-state index in [0.717, 1.165) is 6.42 Å². The Morgan fingerprint density at radius 3 is 2.00 bits per heavy atom. The van der Waals surface area contributed by atoms with Crippen molar-refractivity contribution in [2.45, 2.75) is 33.1 Å². The van der Waals surface area contributed by atoms with E-state index in [1.165, 1.54) is 55.6 Å². The Bertz CT molecular complexity index is 1180. The zero-order chi connectivity index (χ0) is 20.0. The highest BCUT2D eigenvalue weighted by Gasteiger charge is 2.24. The monoisotopic (exact) mass is 374 g/mol. The lowest BCUT2D eigenvalue weighted by molar-refractivity contribution is 0.867. The van der Waals surface area contributed by atoms with E-state index in [9.17, 15) is 0 Å². The van der Waals surface area contributed by atoms with Gasteiger partial charge in [0.2, 0.25) is 0 Å². The van der Waals surface area contributed by atoms with E-state index < -0.39 is 0 Å². The van der Waals surface area contributed by atoms with Crippen LogP contribution in [0, 0.1) is 6.92 Å². The van der Waals surface area contributed by atoms with Crippen LogP contribution in [-0.2, 0) is 6.42 Å². The topological polar surface area (TPSA) is 0 Å². The molecule has 0 radical (unpaired) electrons. The Kier molecular flexibility index (Phi) is 4.36. The molecule has 0 saturated heterocycles. The molecular weight excluding hydrogens is 348 g/mol. The van der Waals surface area contributed by atoms with Crippen molar-refractivity contribution in [2.24, 2.45) is 0 Å². The van der Waals surface area contributed by atoms with Crippen molar-refractivity contribution in [3.8, 4) is 33.4 Å². The first-order chi connectivity index (χ1) is 14.1. The molecule has 0 atom stereocenters.